The standard InChI is InChI=1S/C22H19N5O2S/c1-14-7-9-15(10-8-14)30(28,29)27(2)21-12-11-18-19(24-21)13-20(23-18)22-16-5-3-4-6-17(16)25-26-22/h3-13,23H,1-2H3,(H,25,26). The molecule has 2 aromatic carbocycles. The second-order valence-corrected chi connectivity index (χ2v) is 9.16. The van der Waals surface area contributed by atoms with Gasteiger partial charge in [0, 0.05) is 12.4 Å². The van der Waals surface area contributed by atoms with E-state index < -0.39 is 10.0 Å². The van der Waals surface area contributed by atoms with E-state index in [-0.39, 0.29) is 4.90 Å². The van der Waals surface area contributed by atoms with Crippen molar-refractivity contribution in [3.8, 4) is 11.4 Å². The van der Waals surface area contributed by atoms with Crippen molar-refractivity contribution in [3.05, 3.63) is 72.3 Å². The number of anilines is 1. The number of aromatic nitrogens is 4. The van der Waals surface area contributed by atoms with E-state index in [4.69, 9.17) is 0 Å². The smallest absolute Gasteiger partial charge is 0.265 e. The van der Waals surface area contributed by atoms with E-state index in [2.05, 4.69) is 20.2 Å². The summed E-state index contributed by atoms with van der Waals surface area (Å²) < 4.78 is 27.2. The Kier molecular flexibility index (Phi) is 4.11. The maximum atomic E-state index is 13.0. The number of hydrogen-bond acceptors (Lipinski definition) is 4. The van der Waals surface area contributed by atoms with Crippen LogP contribution in [0.5, 0.6) is 0 Å². The highest BCUT2D eigenvalue weighted by molar-refractivity contribution is 7.92. The first kappa shape index (κ1) is 18.4. The normalized spacial score (nSPS) is 11.9. The molecule has 5 aromatic rings. The van der Waals surface area contributed by atoms with Gasteiger partial charge < -0.3 is 4.98 Å². The highest BCUT2D eigenvalue weighted by Crippen LogP contribution is 2.29. The first-order valence-corrected chi connectivity index (χ1v) is 10.9. The minimum atomic E-state index is -3.70. The van der Waals surface area contributed by atoms with Crippen LogP contribution in [-0.4, -0.2) is 35.6 Å². The van der Waals surface area contributed by atoms with Gasteiger partial charge in [-0.25, -0.2) is 13.4 Å². The van der Waals surface area contributed by atoms with Crippen molar-refractivity contribution in [3.63, 3.8) is 0 Å². The fourth-order valence-electron chi connectivity index (χ4n) is 3.46. The van der Waals surface area contributed by atoms with Gasteiger partial charge in [-0.1, -0.05) is 35.9 Å². The number of benzene rings is 2. The molecule has 0 spiro atoms. The molecule has 2 N–H and O–H groups in total. The molecule has 3 heterocycles. The van der Waals surface area contributed by atoms with E-state index >= 15 is 0 Å². The molecule has 0 unspecified atom stereocenters. The Labute approximate surface area is 173 Å². The van der Waals surface area contributed by atoms with E-state index in [1.165, 1.54) is 11.4 Å². The third kappa shape index (κ3) is 2.93. The lowest BCUT2D eigenvalue weighted by molar-refractivity contribution is 0.594. The van der Waals surface area contributed by atoms with Crippen LogP contribution in [0.15, 0.2) is 71.6 Å². The zero-order valence-electron chi connectivity index (χ0n) is 16.4. The summed E-state index contributed by atoms with van der Waals surface area (Å²) in [5.74, 6) is 0.348. The number of rotatable bonds is 4. The summed E-state index contributed by atoms with van der Waals surface area (Å²) >= 11 is 0. The summed E-state index contributed by atoms with van der Waals surface area (Å²) in [6.45, 7) is 1.92. The minimum absolute atomic E-state index is 0.232. The van der Waals surface area contributed by atoms with Crippen LogP contribution in [0.25, 0.3) is 33.3 Å². The van der Waals surface area contributed by atoms with Gasteiger partial charge in [-0.05, 0) is 43.3 Å². The van der Waals surface area contributed by atoms with Crippen LogP contribution in [0.1, 0.15) is 5.56 Å². The van der Waals surface area contributed by atoms with Gasteiger partial charge in [0.05, 0.1) is 27.1 Å². The quantitative estimate of drug-likeness (QED) is 0.457. The van der Waals surface area contributed by atoms with Crippen molar-refractivity contribution in [1.29, 1.82) is 0 Å². The zero-order chi connectivity index (χ0) is 20.9. The Balaban J connectivity index is 1.54. The zero-order valence-corrected chi connectivity index (χ0v) is 17.2. The van der Waals surface area contributed by atoms with E-state index in [1.54, 1.807) is 30.3 Å². The predicted octanol–water partition coefficient (Wildman–Crippen LogP) is 4.24. The second kappa shape index (κ2) is 6.70. The van der Waals surface area contributed by atoms with E-state index in [1.807, 2.05) is 43.3 Å². The van der Waals surface area contributed by atoms with Gasteiger partial charge in [0.15, 0.2) is 0 Å². The lowest BCUT2D eigenvalue weighted by Crippen LogP contribution is -2.27. The van der Waals surface area contributed by atoms with E-state index in [0.717, 1.165) is 33.4 Å². The highest BCUT2D eigenvalue weighted by Gasteiger charge is 2.22. The molecule has 8 heteroatoms. The van der Waals surface area contributed by atoms with Gasteiger partial charge in [-0.2, -0.15) is 5.10 Å². The number of hydrogen-bond donors (Lipinski definition) is 2. The van der Waals surface area contributed by atoms with Gasteiger partial charge >= 0.3 is 0 Å². The minimum Gasteiger partial charge on any atom is -0.352 e. The average Bonchev–Trinajstić information content (AvgIpc) is 3.36. The molecule has 0 aliphatic carbocycles. The molecule has 0 radical (unpaired) electrons. The number of sulfonamides is 1. The van der Waals surface area contributed by atoms with Crippen LogP contribution in [0.3, 0.4) is 0 Å². The molecule has 0 atom stereocenters. The van der Waals surface area contributed by atoms with Crippen molar-refractivity contribution in [2.24, 2.45) is 0 Å². The SMILES string of the molecule is Cc1ccc(S(=O)(=O)N(C)c2ccc3[nH]c(-c4n[nH]c5ccccc45)cc3n2)cc1. The van der Waals surface area contributed by atoms with Crippen LogP contribution in [0.2, 0.25) is 0 Å². The number of pyridine rings is 1. The van der Waals surface area contributed by atoms with Gasteiger partial charge in [-0.15, -0.1) is 0 Å². The summed E-state index contributed by atoms with van der Waals surface area (Å²) in [5.41, 5.74) is 5.04. The fraction of sp³-hybridized carbons (Fsp3) is 0.0909. The number of fused-ring (bicyclic) bond motifs is 2. The van der Waals surface area contributed by atoms with Gasteiger partial charge in [0.25, 0.3) is 10.0 Å². The first-order chi connectivity index (χ1) is 14.4. The Bertz CT molecular complexity index is 1480. The van der Waals surface area contributed by atoms with Crippen molar-refractivity contribution in [2.45, 2.75) is 11.8 Å². The molecule has 0 fully saturated rings. The Morgan fingerprint density at radius 2 is 1.70 bits per heavy atom. The monoisotopic (exact) mass is 417 g/mol. The lowest BCUT2D eigenvalue weighted by Gasteiger charge is -2.18. The molecule has 0 saturated carbocycles. The summed E-state index contributed by atoms with van der Waals surface area (Å²) in [6.07, 6.45) is 0. The van der Waals surface area contributed by atoms with Crippen molar-refractivity contribution < 1.29 is 8.42 Å². The van der Waals surface area contributed by atoms with Gasteiger partial charge in [0.1, 0.15) is 11.5 Å². The molecule has 30 heavy (non-hydrogen) atoms. The lowest BCUT2D eigenvalue weighted by atomic mass is 10.2. The molecule has 0 saturated heterocycles. The molecule has 7 nitrogen and oxygen atoms in total. The summed E-state index contributed by atoms with van der Waals surface area (Å²) in [6, 6.07) is 20.1. The fourth-order valence-corrected chi connectivity index (χ4v) is 4.61. The Morgan fingerprint density at radius 1 is 0.933 bits per heavy atom. The topological polar surface area (TPSA) is 94.7 Å². The molecule has 0 aliphatic rings. The maximum absolute atomic E-state index is 13.0. The van der Waals surface area contributed by atoms with Gasteiger partial charge in [0.2, 0.25) is 0 Å². The number of nitrogens with zero attached hydrogens (tertiary/aromatic N) is 3. The van der Waals surface area contributed by atoms with Crippen LogP contribution in [-0.2, 0) is 10.0 Å². The number of aryl methyl sites for hydroxylation is 1. The van der Waals surface area contributed by atoms with Crippen LogP contribution in [0.4, 0.5) is 5.82 Å². The van der Waals surface area contributed by atoms with Crippen molar-refractivity contribution >= 4 is 37.8 Å². The molecule has 0 aliphatic heterocycles. The molecular weight excluding hydrogens is 398 g/mol. The highest BCUT2D eigenvalue weighted by atomic mass is 32.2. The molecule has 3 aromatic heterocycles. The molecule has 0 amide bonds. The van der Waals surface area contributed by atoms with E-state index in [9.17, 15) is 8.42 Å². The summed E-state index contributed by atoms with van der Waals surface area (Å²) in [5, 5.41) is 8.44. The number of nitrogens with one attached hydrogen (secondary N) is 2. The molecule has 5 rings (SSSR count). The van der Waals surface area contributed by atoms with Gasteiger partial charge in [-0.3, -0.25) is 9.40 Å². The Morgan fingerprint density at radius 3 is 2.50 bits per heavy atom. The summed E-state index contributed by atoms with van der Waals surface area (Å²) in [7, 11) is -2.19. The molecule has 150 valence electrons. The van der Waals surface area contributed by atoms with Crippen molar-refractivity contribution in [1.82, 2.24) is 20.2 Å². The van der Waals surface area contributed by atoms with Crippen LogP contribution in [0, 0.1) is 6.92 Å². The van der Waals surface area contributed by atoms with E-state index in [0.29, 0.717) is 11.3 Å². The molecular formula is C22H19N5O2S. The number of H-pyrrole nitrogens is 2. The maximum Gasteiger partial charge on any atom is 0.265 e. The summed E-state index contributed by atoms with van der Waals surface area (Å²) in [4.78, 5) is 8.12. The largest absolute Gasteiger partial charge is 0.352 e. The average molecular weight is 417 g/mol. The number of aromatic amines is 2. The predicted molar refractivity (Wildman–Crippen MR) is 118 cm³/mol. The molecule has 0 bridgehead atoms. The Hall–Kier alpha value is -3.65. The number of para-hydroxylation sites is 1. The third-order valence-electron chi connectivity index (χ3n) is 5.19. The first-order valence-electron chi connectivity index (χ1n) is 9.42. The second-order valence-electron chi connectivity index (χ2n) is 7.19. The van der Waals surface area contributed by atoms with Crippen molar-refractivity contribution in [2.75, 3.05) is 11.4 Å². The third-order valence-corrected chi connectivity index (χ3v) is 6.96. The van der Waals surface area contributed by atoms with Crippen LogP contribution < -0.4 is 4.31 Å². The van der Waals surface area contributed by atoms with Crippen LogP contribution >= 0.6 is 0 Å².